The number of anilines is 1. The SMILES string of the molecule is C[C@H](NC[C@@H]1CCCO1)c1ccc(N2CCCC2)c(F)c1. The van der Waals surface area contributed by atoms with Gasteiger partial charge in [0, 0.05) is 32.3 Å². The summed E-state index contributed by atoms with van der Waals surface area (Å²) < 4.78 is 19.9. The van der Waals surface area contributed by atoms with E-state index in [1.54, 1.807) is 6.07 Å². The van der Waals surface area contributed by atoms with Crippen LogP contribution < -0.4 is 10.2 Å². The molecule has 0 bridgehead atoms. The molecule has 2 fully saturated rings. The third-order valence-electron chi connectivity index (χ3n) is 4.59. The van der Waals surface area contributed by atoms with Crippen LogP contribution in [0.3, 0.4) is 0 Å². The molecule has 21 heavy (non-hydrogen) atoms. The second-order valence-corrected chi connectivity index (χ2v) is 6.17. The zero-order valence-corrected chi connectivity index (χ0v) is 12.8. The number of ether oxygens (including phenoxy) is 1. The van der Waals surface area contributed by atoms with E-state index in [0.717, 1.165) is 50.3 Å². The maximum Gasteiger partial charge on any atom is 0.146 e. The highest BCUT2D eigenvalue weighted by Gasteiger charge is 2.19. The summed E-state index contributed by atoms with van der Waals surface area (Å²) in [6.45, 7) is 5.75. The minimum atomic E-state index is -0.0971. The molecule has 2 aliphatic heterocycles. The molecule has 2 aliphatic rings. The first-order valence-electron chi connectivity index (χ1n) is 8.13. The number of rotatable bonds is 5. The summed E-state index contributed by atoms with van der Waals surface area (Å²) in [5.41, 5.74) is 1.76. The average molecular weight is 292 g/mol. The van der Waals surface area contributed by atoms with Crippen LogP contribution in [-0.2, 0) is 4.74 Å². The van der Waals surface area contributed by atoms with E-state index in [-0.39, 0.29) is 11.9 Å². The molecule has 2 heterocycles. The summed E-state index contributed by atoms with van der Waals surface area (Å²) in [5, 5.41) is 3.45. The molecule has 3 nitrogen and oxygen atoms in total. The number of nitrogens with zero attached hydrogens (tertiary/aromatic N) is 1. The van der Waals surface area contributed by atoms with Gasteiger partial charge < -0.3 is 15.0 Å². The number of hydrogen-bond donors (Lipinski definition) is 1. The molecule has 0 spiro atoms. The van der Waals surface area contributed by atoms with Gasteiger partial charge >= 0.3 is 0 Å². The van der Waals surface area contributed by atoms with Gasteiger partial charge in [0.1, 0.15) is 5.82 Å². The van der Waals surface area contributed by atoms with E-state index >= 15 is 0 Å². The number of hydrogen-bond acceptors (Lipinski definition) is 3. The Morgan fingerprint density at radius 1 is 1.33 bits per heavy atom. The Labute approximate surface area is 126 Å². The fourth-order valence-electron chi connectivity index (χ4n) is 3.24. The van der Waals surface area contributed by atoms with E-state index in [4.69, 9.17) is 4.74 Å². The van der Waals surface area contributed by atoms with Gasteiger partial charge in [0.2, 0.25) is 0 Å². The normalized spacial score (nSPS) is 23.7. The smallest absolute Gasteiger partial charge is 0.146 e. The summed E-state index contributed by atoms with van der Waals surface area (Å²) in [6.07, 6.45) is 4.93. The van der Waals surface area contributed by atoms with Crippen molar-refractivity contribution in [2.75, 3.05) is 31.1 Å². The Kier molecular flexibility index (Phi) is 4.76. The second kappa shape index (κ2) is 6.75. The molecule has 0 aromatic heterocycles. The van der Waals surface area contributed by atoms with E-state index in [2.05, 4.69) is 17.1 Å². The van der Waals surface area contributed by atoms with Crippen LogP contribution in [0.25, 0.3) is 0 Å². The first-order chi connectivity index (χ1) is 10.2. The minimum absolute atomic E-state index is 0.0971. The molecule has 0 radical (unpaired) electrons. The molecule has 1 N–H and O–H groups in total. The lowest BCUT2D eigenvalue weighted by Gasteiger charge is -2.21. The number of halogens is 1. The van der Waals surface area contributed by atoms with Crippen LogP contribution >= 0.6 is 0 Å². The fourth-order valence-corrected chi connectivity index (χ4v) is 3.24. The van der Waals surface area contributed by atoms with E-state index in [1.165, 1.54) is 12.8 Å². The largest absolute Gasteiger partial charge is 0.377 e. The molecule has 1 aromatic rings. The maximum atomic E-state index is 14.3. The van der Waals surface area contributed by atoms with E-state index < -0.39 is 0 Å². The van der Waals surface area contributed by atoms with Gasteiger partial charge in [-0.2, -0.15) is 0 Å². The third kappa shape index (κ3) is 3.55. The highest BCUT2D eigenvalue weighted by molar-refractivity contribution is 5.50. The predicted molar refractivity (Wildman–Crippen MR) is 83.2 cm³/mol. The predicted octanol–water partition coefficient (Wildman–Crippen LogP) is 3.26. The average Bonchev–Trinajstić information content (AvgIpc) is 3.17. The van der Waals surface area contributed by atoms with Crippen LogP contribution in [0, 0.1) is 5.82 Å². The molecule has 2 atom stereocenters. The Bertz CT molecular complexity index is 468. The van der Waals surface area contributed by atoms with Gasteiger partial charge in [-0.15, -0.1) is 0 Å². The summed E-state index contributed by atoms with van der Waals surface area (Å²) in [4.78, 5) is 2.14. The monoisotopic (exact) mass is 292 g/mol. The van der Waals surface area contributed by atoms with Crippen molar-refractivity contribution in [2.45, 2.75) is 44.8 Å². The van der Waals surface area contributed by atoms with Crippen molar-refractivity contribution in [1.29, 1.82) is 0 Å². The Morgan fingerprint density at radius 3 is 2.81 bits per heavy atom. The van der Waals surface area contributed by atoms with Crippen LogP contribution in [0.2, 0.25) is 0 Å². The van der Waals surface area contributed by atoms with Gasteiger partial charge in [-0.1, -0.05) is 6.07 Å². The first kappa shape index (κ1) is 14.8. The van der Waals surface area contributed by atoms with Crippen molar-refractivity contribution in [3.05, 3.63) is 29.6 Å². The Morgan fingerprint density at radius 2 is 2.14 bits per heavy atom. The van der Waals surface area contributed by atoms with E-state index in [0.29, 0.717) is 6.10 Å². The van der Waals surface area contributed by atoms with Crippen molar-refractivity contribution >= 4 is 5.69 Å². The van der Waals surface area contributed by atoms with Crippen LogP contribution in [-0.4, -0.2) is 32.3 Å². The molecule has 2 saturated heterocycles. The number of benzene rings is 1. The summed E-state index contributed by atoms with van der Waals surface area (Å²) in [6, 6.07) is 5.81. The molecule has 0 saturated carbocycles. The summed E-state index contributed by atoms with van der Waals surface area (Å²) in [5.74, 6) is -0.0971. The zero-order chi connectivity index (χ0) is 14.7. The molecule has 1 aromatic carbocycles. The van der Waals surface area contributed by atoms with Gasteiger partial charge in [0.25, 0.3) is 0 Å². The van der Waals surface area contributed by atoms with Crippen LogP contribution in [0.15, 0.2) is 18.2 Å². The highest BCUT2D eigenvalue weighted by atomic mass is 19.1. The Balaban J connectivity index is 1.60. The second-order valence-electron chi connectivity index (χ2n) is 6.17. The van der Waals surface area contributed by atoms with Crippen molar-refractivity contribution in [2.24, 2.45) is 0 Å². The molecule has 3 rings (SSSR count). The van der Waals surface area contributed by atoms with Gasteiger partial charge in [-0.05, 0) is 50.3 Å². The summed E-state index contributed by atoms with van der Waals surface area (Å²) >= 11 is 0. The Hall–Kier alpha value is -1.13. The quantitative estimate of drug-likeness (QED) is 0.901. The lowest BCUT2D eigenvalue weighted by Crippen LogP contribution is -2.28. The molecular weight excluding hydrogens is 267 g/mol. The van der Waals surface area contributed by atoms with Crippen LogP contribution in [0.5, 0.6) is 0 Å². The topological polar surface area (TPSA) is 24.5 Å². The number of nitrogens with one attached hydrogen (secondary N) is 1. The molecule has 0 unspecified atom stereocenters. The first-order valence-corrected chi connectivity index (χ1v) is 8.13. The molecule has 4 heteroatoms. The van der Waals surface area contributed by atoms with Crippen molar-refractivity contribution in [3.8, 4) is 0 Å². The summed E-state index contributed by atoms with van der Waals surface area (Å²) in [7, 11) is 0. The van der Waals surface area contributed by atoms with Gasteiger partial charge in [0.05, 0.1) is 11.8 Å². The molecular formula is C17H25FN2O. The van der Waals surface area contributed by atoms with Gasteiger partial charge in [-0.25, -0.2) is 4.39 Å². The minimum Gasteiger partial charge on any atom is -0.377 e. The highest BCUT2D eigenvalue weighted by Crippen LogP contribution is 2.26. The van der Waals surface area contributed by atoms with E-state index in [1.807, 2.05) is 12.1 Å². The van der Waals surface area contributed by atoms with Crippen LogP contribution in [0.4, 0.5) is 10.1 Å². The fraction of sp³-hybridized carbons (Fsp3) is 0.647. The zero-order valence-electron chi connectivity index (χ0n) is 12.8. The van der Waals surface area contributed by atoms with Crippen LogP contribution in [0.1, 0.15) is 44.2 Å². The van der Waals surface area contributed by atoms with Gasteiger partial charge in [-0.3, -0.25) is 0 Å². The van der Waals surface area contributed by atoms with E-state index in [9.17, 15) is 4.39 Å². The third-order valence-corrected chi connectivity index (χ3v) is 4.59. The van der Waals surface area contributed by atoms with Gasteiger partial charge in [0.15, 0.2) is 0 Å². The molecule has 0 amide bonds. The lowest BCUT2D eigenvalue weighted by atomic mass is 10.1. The van der Waals surface area contributed by atoms with Crippen molar-refractivity contribution in [3.63, 3.8) is 0 Å². The molecule has 0 aliphatic carbocycles. The standard InChI is InChI=1S/C17H25FN2O/c1-13(19-12-15-5-4-10-21-15)14-6-7-17(16(18)11-14)20-8-2-3-9-20/h6-7,11,13,15,19H,2-5,8-10,12H2,1H3/t13-,15-/m0/s1. The van der Waals surface area contributed by atoms with Crippen molar-refractivity contribution < 1.29 is 9.13 Å². The molecule has 116 valence electrons. The lowest BCUT2D eigenvalue weighted by molar-refractivity contribution is 0.108. The maximum absolute atomic E-state index is 14.3. The van der Waals surface area contributed by atoms with Crippen molar-refractivity contribution in [1.82, 2.24) is 5.32 Å².